The van der Waals surface area contributed by atoms with Crippen LogP contribution in [0.25, 0.3) is 32.5 Å². The Balaban J connectivity index is 0.000000799. The van der Waals surface area contributed by atoms with Crippen molar-refractivity contribution in [2.75, 3.05) is 18.1 Å². The van der Waals surface area contributed by atoms with Gasteiger partial charge in [-0.2, -0.15) is 5.10 Å². The van der Waals surface area contributed by atoms with E-state index in [0.717, 1.165) is 17.1 Å². The Morgan fingerprint density at radius 1 is 1.30 bits per heavy atom. The van der Waals surface area contributed by atoms with Crippen molar-refractivity contribution >= 4 is 61.8 Å². The van der Waals surface area contributed by atoms with E-state index in [9.17, 15) is 9.59 Å². The smallest absolute Gasteiger partial charge is 0.230 e. The van der Waals surface area contributed by atoms with Gasteiger partial charge in [0.05, 0.1) is 28.1 Å². The van der Waals surface area contributed by atoms with E-state index in [1.54, 1.807) is 25.4 Å². The highest BCUT2D eigenvalue weighted by atomic mass is 32.2. The van der Waals surface area contributed by atoms with E-state index in [4.69, 9.17) is 0 Å². The van der Waals surface area contributed by atoms with Crippen LogP contribution >= 0.6 is 23.1 Å². The summed E-state index contributed by atoms with van der Waals surface area (Å²) in [5, 5.41) is 13.2. The van der Waals surface area contributed by atoms with Crippen LogP contribution in [0.2, 0.25) is 0 Å². The molecule has 1 aliphatic rings. The molecule has 0 saturated heterocycles. The number of aromatic nitrogens is 4. The fraction of sp³-hybridized carbons (Fsp3) is 0.318. The van der Waals surface area contributed by atoms with Gasteiger partial charge in [-0.25, -0.2) is 14.4 Å². The number of H-pyrrole nitrogens is 1. The number of carbonyl (C=O) groups is 2. The van der Waals surface area contributed by atoms with Crippen LogP contribution in [0.15, 0.2) is 23.2 Å². The van der Waals surface area contributed by atoms with Crippen LogP contribution in [0.3, 0.4) is 0 Å². The summed E-state index contributed by atoms with van der Waals surface area (Å²) in [4.78, 5) is 32.3. The molecule has 0 spiro atoms. The molecule has 5 rings (SSSR count). The van der Waals surface area contributed by atoms with E-state index < -0.39 is 0 Å². The second-order valence-corrected chi connectivity index (χ2v) is 9.30. The first-order valence-electron chi connectivity index (χ1n) is 10.6. The van der Waals surface area contributed by atoms with Crippen LogP contribution in [-0.2, 0) is 16.0 Å². The molecule has 2 amide bonds. The number of nitrogens with one attached hydrogen (secondary N) is 3. The summed E-state index contributed by atoms with van der Waals surface area (Å²) in [6.45, 7) is 1.87. The number of hydrogen-bond acceptors (Lipinski definition) is 7. The molecule has 0 unspecified atom stereocenters. The summed E-state index contributed by atoms with van der Waals surface area (Å²) in [7, 11) is 1.54. The van der Waals surface area contributed by atoms with E-state index in [2.05, 4.69) is 30.8 Å². The summed E-state index contributed by atoms with van der Waals surface area (Å²) in [6, 6.07) is 3.58. The normalized spacial score (nSPS) is 12.3. The van der Waals surface area contributed by atoms with Gasteiger partial charge in [0.1, 0.15) is 16.2 Å². The van der Waals surface area contributed by atoms with Gasteiger partial charge in [-0.15, -0.1) is 11.8 Å². The Kier molecular flexibility index (Phi) is 7.19. The molecule has 1 aliphatic carbocycles. The number of rotatable bonds is 7. The second-order valence-electron chi connectivity index (χ2n) is 7.33. The number of hydrogen-bond donors (Lipinski definition) is 3. The lowest BCUT2D eigenvalue weighted by molar-refractivity contribution is -0.118. The standard InChI is InChI=1S/C19H17FN6O2S2.C3H6/c1-3-9-14(11-4-5-12-18(24-11)30-19(25-12)22-8-27)10-6-23-26-16(10)17(15(9)20)29-7-13(28)21-2;1-2-3-1/h4-6,8H,3,7H2,1-2H3,(H,21,28)(H,23,26)(H,22,25,27);1-3H2. The number of nitrogens with zero attached hydrogens (tertiary/aromatic N) is 3. The van der Waals surface area contributed by atoms with Gasteiger partial charge >= 0.3 is 0 Å². The van der Waals surface area contributed by atoms with Crippen molar-refractivity contribution in [3.8, 4) is 11.3 Å². The van der Waals surface area contributed by atoms with E-state index in [1.807, 2.05) is 6.92 Å². The van der Waals surface area contributed by atoms with Crippen molar-refractivity contribution in [2.45, 2.75) is 37.5 Å². The zero-order valence-corrected chi connectivity index (χ0v) is 19.8. The number of amides is 2. The Hall–Kier alpha value is -3.05. The molecule has 0 aliphatic heterocycles. The van der Waals surface area contributed by atoms with Crippen molar-refractivity contribution in [2.24, 2.45) is 0 Å². The number of benzene rings is 1. The van der Waals surface area contributed by atoms with Crippen LogP contribution in [0.1, 0.15) is 31.7 Å². The number of anilines is 1. The summed E-state index contributed by atoms with van der Waals surface area (Å²) >= 11 is 2.37. The molecule has 4 aromatic rings. The van der Waals surface area contributed by atoms with Crippen molar-refractivity contribution in [1.29, 1.82) is 0 Å². The average Bonchev–Trinajstić information content (AvgIpc) is 3.53. The summed E-state index contributed by atoms with van der Waals surface area (Å²) in [5.41, 5.74) is 2.93. The van der Waals surface area contributed by atoms with Crippen LogP contribution in [-0.4, -0.2) is 45.3 Å². The van der Waals surface area contributed by atoms with Gasteiger partial charge in [0.25, 0.3) is 0 Å². The highest BCUT2D eigenvalue weighted by Gasteiger charge is 2.23. The second kappa shape index (κ2) is 10.3. The van der Waals surface area contributed by atoms with Crippen LogP contribution in [0, 0.1) is 5.82 Å². The minimum atomic E-state index is -0.382. The number of thioether (sulfide) groups is 1. The topological polar surface area (TPSA) is 113 Å². The van der Waals surface area contributed by atoms with E-state index in [1.165, 1.54) is 30.6 Å². The number of halogens is 1. The van der Waals surface area contributed by atoms with E-state index in [0.29, 0.717) is 55.5 Å². The molecule has 3 aromatic heterocycles. The summed E-state index contributed by atoms with van der Waals surface area (Å²) < 4.78 is 15.5. The van der Waals surface area contributed by atoms with E-state index in [-0.39, 0.29) is 17.5 Å². The summed E-state index contributed by atoms with van der Waals surface area (Å²) in [6.07, 6.45) is 7.15. The molecular weight excluding hydrogens is 463 g/mol. The molecule has 3 heterocycles. The predicted octanol–water partition coefficient (Wildman–Crippen LogP) is 4.51. The first-order valence-corrected chi connectivity index (χ1v) is 12.4. The molecule has 11 heteroatoms. The van der Waals surface area contributed by atoms with Gasteiger partial charge in [0, 0.05) is 18.0 Å². The Labute approximate surface area is 197 Å². The first kappa shape index (κ1) is 23.1. The third-order valence-electron chi connectivity index (χ3n) is 4.93. The SMILES string of the molecule is C1CC1.CCc1c(F)c(SCC(=O)NC)c2[nH]ncc2c1-c1ccc2nc(NC=O)sc2n1. The number of aromatic amines is 1. The maximum atomic E-state index is 15.5. The monoisotopic (exact) mass is 486 g/mol. The van der Waals surface area contributed by atoms with Crippen molar-refractivity contribution in [1.82, 2.24) is 25.5 Å². The third-order valence-corrected chi connectivity index (χ3v) is 6.90. The maximum Gasteiger partial charge on any atom is 0.230 e. The molecule has 3 N–H and O–H groups in total. The van der Waals surface area contributed by atoms with Crippen LogP contribution in [0.4, 0.5) is 9.52 Å². The van der Waals surface area contributed by atoms with Crippen LogP contribution in [0.5, 0.6) is 0 Å². The van der Waals surface area contributed by atoms with Gasteiger partial charge in [-0.1, -0.05) is 37.5 Å². The average molecular weight is 487 g/mol. The maximum absolute atomic E-state index is 15.5. The predicted molar refractivity (Wildman–Crippen MR) is 130 cm³/mol. The molecule has 1 saturated carbocycles. The Morgan fingerprint density at radius 3 is 2.76 bits per heavy atom. The van der Waals surface area contributed by atoms with Crippen molar-refractivity contribution in [3.05, 3.63) is 29.7 Å². The van der Waals surface area contributed by atoms with Crippen molar-refractivity contribution < 1.29 is 14.0 Å². The van der Waals surface area contributed by atoms with Gasteiger partial charge in [-0.05, 0) is 24.1 Å². The highest BCUT2D eigenvalue weighted by molar-refractivity contribution is 8.00. The molecule has 1 fully saturated rings. The fourth-order valence-corrected chi connectivity index (χ4v) is 4.97. The lowest BCUT2D eigenvalue weighted by atomic mass is 9.97. The molecule has 1 aromatic carbocycles. The van der Waals surface area contributed by atoms with E-state index >= 15 is 4.39 Å². The van der Waals surface area contributed by atoms with Crippen molar-refractivity contribution in [3.63, 3.8) is 0 Å². The van der Waals surface area contributed by atoms with Gasteiger partial charge in [0.15, 0.2) is 5.13 Å². The molecule has 0 radical (unpaired) electrons. The minimum Gasteiger partial charge on any atom is -0.358 e. The third kappa shape index (κ3) is 4.98. The fourth-order valence-electron chi connectivity index (χ4n) is 3.21. The molecule has 0 atom stereocenters. The molecule has 0 bridgehead atoms. The number of pyridine rings is 1. The Morgan fingerprint density at radius 2 is 2.09 bits per heavy atom. The number of fused-ring (bicyclic) bond motifs is 2. The Bertz CT molecular complexity index is 1310. The molecule has 33 heavy (non-hydrogen) atoms. The lowest BCUT2D eigenvalue weighted by Crippen LogP contribution is -2.19. The number of thiazole rings is 1. The number of carbonyl (C=O) groups excluding carboxylic acids is 2. The van der Waals surface area contributed by atoms with Gasteiger partial charge < -0.3 is 10.6 Å². The molecule has 172 valence electrons. The lowest BCUT2D eigenvalue weighted by Gasteiger charge is -2.14. The van der Waals surface area contributed by atoms with Crippen LogP contribution < -0.4 is 10.6 Å². The zero-order valence-electron chi connectivity index (χ0n) is 18.2. The zero-order chi connectivity index (χ0) is 23.4. The quantitative estimate of drug-likeness (QED) is 0.262. The minimum absolute atomic E-state index is 0.0988. The molecule has 8 nitrogen and oxygen atoms in total. The van der Waals surface area contributed by atoms with Gasteiger partial charge in [-0.3, -0.25) is 14.7 Å². The highest BCUT2D eigenvalue weighted by Crippen LogP contribution is 2.40. The first-order chi connectivity index (χ1) is 16.1. The summed E-state index contributed by atoms with van der Waals surface area (Å²) in [5.74, 6) is -0.472. The van der Waals surface area contributed by atoms with Gasteiger partial charge in [0.2, 0.25) is 12.3 Å². The largest absolute Gasteiger partial charge is 0.358 e. The molecular formula is C22H23FN6O2S2.